The summed E-state index contributed by atoms with van der Waals surface area (Å²) in [7, 11) is 1.64. The monoisotopic (exact) mass is 487 g/mol. The number of nitrogens with one attached hydrogen (secondary N) is 2. The highest BCUT2D eigenvalue weighted by Crippen LogP contribution is 2.42. The number of oxime groups is 1. The minimum atomic E-state index is -1.28. The lowest BCUT2D eigenvalue weighted by Crippen LogP contribution is -2.71. The summed E-state index contributed by atoms with van der Waals surface area (Å²) in [5.41, 5.74) is -0.249. The summed E-state index contributed by atoms with van der Waals surface area (Å²) in [4.78, 5) is 58.4. The number of carboxylic acid groups (broad SMARTS) is 2. The van der Waals surface area contributed by atoms with Gasteiger partial charge in [-0.05, 0) is 6.26 Å². The van der Waals surface area contributed by atoms with Gasteiger partial charge in [-0.15, -0.1) is 34.9 Å². The van der Waals surface area contributed by atoms with E-state index in [0.29, 0.717) is 15.8 Å². The molecule has 0 radical (unpaired) electrons. The highest BCUT2D eigenvalue weighted by molar-refractivity contribution is 8.05. The minimum Gasteiger partial charge on any atom is -0.479 e. The molecule has 31 heavy (non-hydrogen) atoms. The summed E-state index contributed by atoms with van der Waals surface area (Å²) in [5.74, 6) is -3.45. The van der Waals surface area contributed by atoms with Crippen molar-refractivity contribution in [1.29, 1.82) is 0 Å². The van der Waals surface area contributed by atoms with E-state index >= 15 is 0 Å². The van der Waals surface area contributed by atoms with Crippen LogP contribution in [0.3, 0.4) is 0 Å². The summed E-state index contributed by atoms with van der Waals surface area (Å²) in [6.07, 6.45) is 1.73. The maximum absolute atomic E-state index is 12.8. The number of hydrogen-bond acceptors (Lipinski definition) is 11. The second kappa shape index (κ2) is 9.57. The summed E-state index contributed by atoms with van der Waals surface area (Å²) < 4.78 is 0. The molecule has 2 aliphatic rings. The van der Waals surface area contributed by atoms with Crippen LogP contribution in [-0.2, 0) is 24.0 Å². The second-order valence-electron chi connectivity index (χ2n) is 6.04. The summed E-state index contributed by atoms with van der Waals surface area (Å²) in [6.45, 7) is -0.765. The highest BCUT2D eigenvalue weighted by atomic mass is 32.2. The Kier molecular flexibility index (Phi) is 7.07. The zero-order valence-corrected chi connectivity index (χ0v) is 18.6. The SMILES string of the molecule is CNc1nc(/C(=N\OCC(=O)O)C(=O)NC2C(=O)N3C(C(=O)O)=C(SC)CS[C@H]23)cs1. The smallest absolute Gasteiger partial charge is 0.353 e. The van der Waals surface area contributed by atoms with Gasteiger partial charge in [-0.25, -0.2) is 14.6 Å². The summed E-state index contributed by atoms with van der Waals surface area (Å²) in [6, 6.07) is -0.970. The third-order valence-electron chi connectivity index (χ3n) is 4.19. The third kappa shape index (κ3) is 4.62. The Hall–Kier alpha value is -2.78. The zero-order chi connectivity index (χ0) is 22.7. The summed E-state index contributed by atoms with van der Waals surface area (Å²) in [5, 5.41) is 28.6. The Balaban J connectivity index is 1.79. The van der Waals surface area contributed by atoms with Gasteiger partial charge in [0.05, 0.1) is 0 Å². The molecular weight excluding hydrogens is 470 g/mol. The molecule has 15 heteroatoms. The number of amides is 2. The van der Waals surface area contributed by atoms with Crippen LogP contribution in [0.1, 0.15) is 5.69 Å². The lowest BCUT2D eigenvalue weighted by molar-refractivity contribution is -0.150. The quantitative estimate of drug-likeness (QED) is 0.211. The average Bonchev–Trinajstić information content (AvgIpc) is 3.22. The van der Waals surface area contributed by atoms with Gasteiger partial charge in [0.1, 0.15) is 22.8 Å². The summed E-state index contributed by atoms with van der Waals surface area (Å²) >= 11 is 3.78. The zero-order valence-electron chi connectivity index (χ0n) is 16.1. The molecule has 1 fully saturated rings. The Morgan fingerprint density at radius 3 is 2.74 bits per heavy atom. The first-order valence-electron chi connectivity index (χ1n) is 8.59. The van der Waals surface area contributed by atoms with E-state index in [9.17, 15) is 24.3 Å². The molecular formula is C16H17N5O7S3. The number of aromatic nitrogens is 1. The van der Waals surface area contributed by atoms with Crippen LogP contribution in [0.4, 0.5) is 5.13 Å². The largest absolute Gasteiger partial charge is 0.479 e. The topological polar surface area (TPSA) is 171 Å². The van der Waals surface area contributed by atoms with Crippen molar-refractivity contribution in [2.45, 2.75) is 11.4 Å². The van der Waals surface area contributed by atoms with Gasteiger partial charge in [0.15, 0.2) is 10.8 Å². The molecule has 2 amide bonds. The average molecular weight is 488 g/mol. The van der Waals surface area contributed by atoms with E-state index in [4.69, 9.17) is 9.94 Å². The molecule has 3 rings (SSSR count). The molecule has 1 saturated heterocycles. The molecule has 2 atom stereocenters. The van der Waals surface area contributed by atoms with E-state index in [-0.39, 0.29) is 17.1 Å². The number of anilines is 1. The van der Waals surface area contributed by atoms with E-state index < -0.39 is 41.8 Å². The molecule has 12 nitrogen and oxygen atoms in total. The number of β-lactam (4-membered cyclic amide) rings is 1. The van der Waals surface area contributed by atoms with Crippen LogP contribution < -0.4 is 10.6 Å². The van der Waals surface area contributed by atoms with Crippen LogP contribution in [0.15, 0.2) is 21.1 Å². The molecule has 0 aliphatic carbocycles. The minimum absolute atomic E-state index is 0.0800. The molecule has 1 unspecified atom stereocenters. The Morgan fingerprint density at radius 1 is 1.42 bits per heavy atom. The van der Waals surface area contributed by atoms with Gasteiger partial charge in [-0.1, -0.05) is 5.16 Å². The van der Waals surface area contributed by atoms with Crippen molar-refractivity contribution in [1.82, 2.24) is 15.2 Å². The van der Waals surface area contributed by atoms with Gasteiger partial charge >= 0.3 is 11.9 Å². The van der Waals surface area contributed by atoms with Crippen molar-refractivity contribution in [2.75, 3.05) is 31.0 Å². The molecule has 166 valence electrons. The number of fused-ring (bicyclic) bond motifs is 1. The van der Waals surface area contributed by atoms with Crippen molar-refractivity contribution in [2.24, 2.45) is 5.16 Å². The number of thioether (sulfide) groups is 2. The fourth-order valence-corrected chi connectivity index (χ4v) is 5.72. The first-order valence-corrected chi connectivity index (χ1v) is 11.7. The molecule has 0 aromatic carbocycles. The highest BCUT2D eigenvalue weighted by Gasteiger charge is 2.54. The number of hydrogen-bond donors (Lipinski definition) is 4. The maximum Gasteiger partial charge on any atom is 0.353 e. The second-order valence-corrected chi connectivity index (χ2v) is 8.90. The van der Waals surface area contributed by atoms with Crippen LogP contribution in [0, 0.1) is 0 Å². The number of rotatable bonds is 9. The maximum atomic E-state index is 12.8. The van der Waals surface area contributed by atoms with E-state index in [1.54, 1.807) is 13.3 Å². The fraction of sp³-hybridized carbons (Fsp3) is 0.375. The van der Waals surface area contributed by atoms with Crippen LogP contribution in [0.5, 0.6) is 0 Å². The van der Waals surface area contributed by atoms with Crippen molar-refractivity contribution < 1.29 is 34.2 Å². The van der Waals surface area contributed by atoms with Gasteiger partial charge in [0.25, 0.3) is 11.8 Å². The number of thiazole rings is 1. The predicted molar refractivity (Wildman–Crippen MR) is 115 cm³/mol. The molecule has 1 aromatic rings. The van der Waals surface area contributed by atoms with Crippen LogP contribution in [0.25, 0.3) is 0 Å². The first kappa shape index (κ1) is 22.9. The van der Waals surface area contributed by atoms with Crippen molar-refractivity contribution >= 4 is 69.5 Å². The van der Waals surface area contributed by atoms with E-state index in [2.05, 4.69) is 20.8 Å². The molecule has 2 aliphatic heterocycles. The van der Waals surface area contributed by atoms with Gasteiger partial charge < -0.3 is 25.7 Å². The van der Waals surface area contributed by atoms with Gasteiger partial charge in [-0.2, -0.15) is 0 Å². The number of carbonyl (C=O) groups is 4. The number of aliphatic carboxylic acids is 2. The fourth-order valence-electron chi connectivity index (χ4n) is 2.81. The van der Waals surface area contributed by atoms with Gasteiger partial charge in [0, 0.05) is 23.1 Å². The van der Waals surface area contributed by atoms with Gasteiger partial charge in [-0.3, -0.25) is 14.5 Å². The standard InChI is InChI=1S/C16H17N5O7S3/c1-17-16-18-6(4-31-16)9(20-28-3-8(22)23)12(24)19-10-13(25)21-11(15(26)27)7(29-2)5-30-14(10)21/h4,10,14H,3,5H2,1-2H3,(H,17,18)(H,19,24)(H,22,23)(H,26,27)/b20-9+/t10?,14-/m1/s1. The lowest BCUT2D eigenvalue weighted by Gasteiger charge is -2.49. The van der Waals surface area contributed by atoms with E-state index in [1.807, 2.05) is 0 Å². The normalized spacial score (nSPS) is 20.6. The molecule has 4 N–H and O–H groups in total. The van der Waals surface area contributed by atoms with Crippen molar-refractivity contribution in [3.05, 3.63) is 21.7 Å². The van der Waals surface area contributed by atoms with E-state index in [0.717, 1.165) is 4.90 Å². The van der Waals surface area contributed by atoms with Crippen LogP contribution in [0.2, 0.25) is 0 Å². The third-order valence-corrected chi connectivity index (χ3v) is 7.34. The predicted octanol–water partition coefficient (Wildman–Crippen LogP) is 0.0492. The molecule has 0 saturated carbocycles. The van der Waals surface area contributed by atoms with Crippen molar-refractivity contribution in [3.63, 3.8) is 0 Å². The van der Waals surface area contributed by atoms with Crippen molar-refractivity contribution in [3.8, 4) is 0 Å². The number of carbonyl (C=O) groups excluding carboxylic acids is 2. The number of carboxylic acids is 2. The molecule has 3 heterocycles. The lowest BCUT2D eigenvalue weighted by atomic mass is 10.0. The van der Waals surface area contributed by atoms with Crippen LogP contribution >= 0.6 is 34.9 Å². The Labute approximate surface area is 188 Å². The van der Waals surface area contributed by atoms with Gasteiger partial charge in [0.2, 0.25) is 6.61 Å². The number of nitrogens with zero attached hydrogens (tertiary/aromatic N) is 3. The van der Waals surface area contributed by atoms with E-state index in [1.165, 1.54) is 40.2 Å². The molecule has 0 spiro atoms. The Morgan fingerprint density at radius 2 is 2.16 bits per heavy atom. The molecule has 0 bridgehead atoms. The van der Waals surface area contributed by atoms with Crippen LogP contribution in [-0.4, -0.2) is 86.6 Å². The first-order chi connectivity index (χ1) is 14.8. The Bertz CT molecular complexity index is 992. The molecule has 1 aromatic heterocycles.